The fraction of sp³-hybridized carbons (Fsp3) is 0.200. The maximum Gasteiger partial charge on any atom is 0.241 e. The first kappa shape index (κ1) is 16.2. The second-order valence-electron chi connectivity index (χ2n) is 4.72. The Morgan fingerprint density at radius 2 is 1.81 bits per heavy atom. The average Bonchev–Trinajstić information content (AvgIpc) is 2.48. The molecule has 0 atom stereocenters. The SMILES string of the molecule is Cc1c(Br)cc(CN)cc1S(=O)(=O)NCc1ccccc1. The number of benzene rings is 2. The van der Waals surface area contributed by atoms with Crippen molar-refractivity contribution in [1.82, 2.24) is 4.72 Å². The first-order chi connectivity index (χ1) is 9.94. The van der Waals surface area contributed by atoms with Crippen LogP contribution < -0.4 is 10.5 Å². The van der Waals surface area contributed by atoms with Gasteiger partial charge in [-0.05, 0) is 35.7 Å². The first-order valence-electron chi connectivity index (χ1n) is 6.46. The molecule has 0 bridgehead atoms. The van der Waals surface area contributed by atoms with Gasteiger partial charge >= 0.3 is 0 Å². The van der Waals surface area contributed by atoms with Crippen LogP contribution in [0.25, 0.3) is 0 Å². The Morgan fingerprint density at radius 1 is 1.14 bits per heavy atom. The van der Waals surface area contributed by atoms with Crippen molar-refractivity contribution < 1.29 is 8.42 Å². The van der Waals surface area contributed by atoms with Gasteiger partial charge in [-0.15, -0.1) is 0 Å². The highest BCUT2D eigenvalue weighted by molar-refractivity contribution is 9.10. The molecule has 2 aromatic rings. The van der Waals surface area contributed by atoms with Crippen molar-refractivity contribution in [3.05, 3.63) is 63.6 Å². The molecule has 0 saturated carbocycles. The van der Waals surface area contributed by atoms with E-state index in [0.29, 0.717) is 12.1 Å². The van der Waals surface area contributed by atoms with Gasteiger partial charge in [0, 0.05) is 17.6 Å². The highest BCUT2D eigenvalue weighted by Crippen LogP contribution is 2.25. The molecule has 21 heavy (non-hydrogen) atoms. The molecule has 0 aromatic heterocycles. The summed E-state index contributed by atoms with van der Waals surface area (Å²) in [4.78, 5) is 0.258. The molecule has 0 amide bonds. The Labute approximate surface area is 133 Å². The van der Waals surface area contributed by atoms with E-state index in [1.807, 2.05) is 36.4 Å². The molecule has 0 heterocycles. The summed E-state index contributed by atoms with van der Waals surface area (Å²) in [7, 11) is -3.58. The zero-order valence-corrected chi connectivity index (χ0v) is 14.0. The van der Waals surface area contributed by atoms with E-state index in [4.69, 9.17) is 5.73 Å². The Balaban J connectivity index is 2.29. The van der Waals surface area contributed by atoms with E-state index < -0.39 is 10.0 Å². The predicted octanol–water partition coefficient (Wildman–Crippen LogP) is 2.69. The van der Waals surface area contributed by atoms with Gasteiger partial charge in [-0.2, -0.15) is 0 Å². The van der Waals surface area contributed by atoms with Crippen molar-refractivity contribution in [2.24, 2.45) is 5.73 Å². The topological polar surface area (TPSA) is 72.2 Å². The van der Waals surface area contributed by atoms with E-state index in [2.05, 4.69) is 20.7 Å². The number of halogens is 1. The maximum atomic E-state index is 12.5. The second-order valence-corrected chi connectivity index (χ2v) is 7.30. The van der Waals surface area contributed by atoms with Gasteiger partial charge in [-0.25, -0.2) is 13.1 Å². The summed E-state index contributed by atoms with van der Waals surface area (Å²) >= 11 is 3.38. The van der Waals surface area contributed by atoms with E-state index in [0.717, 1.165) is 15.6 Å². The molecular weight excluding hydrogens is 352 g/mol. The normalized spacial score (nSPS) is 11.6. The standard InChI is InChI=1S/C15H17BrN2O2S/c1-11-14(16)7-13(9-17)8-15(11)21(19,20)18-10-12-5-3-2-4-6-12/h2-8,18H,9-10,17H2,1H3. The quantitative estimate of drug-likeness (QED) is 0.851. The van der Waals surface area contributed by atoms with Crippen molar-refractivity contribution in [3.63, 3.8) is 0 Å². The van der Waals surface area contributed by atoms with Crippen LogP contribution in [0, 0.1) is 6.92 Å². The largest absolute Gasteiger partial charge is 0.326 e. The van der Waals surface area contributed by atoms with Crippen LogP contribution in [-0.4, -0.2) is 8.42 Å². The Morgan fingerprint density at radius 3 is 2.43 bits per heavy atom. The van der Waals surface area contributed by atoms with Crippen molar-refractivity contribution in [2.45, 2.75) is 24.9 Å². The molecule has 2 aromatic carbocycles. The Bertz CT molecular complexity index is 731. The van der Waals surface area contributed by atoms with E-state index in [9.17, 15) is 8.42 Å². The molecule has 0 saturated heterocycles. The second kappa shape index (κ2) is 6.70. The van der Waals surface area contributed by atoms with Gasteiger partial charge < -0.3 is 5.73 Å². The number of hydrogen-bond donors (Lipinski definition) is 2. The van der Waals surface area contributed by atoms with Gasteiger partial charge in [-0.1, -0.05) is 46.3 Å². The van der Waals surface area contributed by atoms with Crippen LogP contribution in [-0.2, 0) is 23.1 Å². The molecule has 0 spiro atoms. The zero-order chi connectivity index (χ0) is 15.5. The maximum absolute atomic E-state index is 12.5. The smallest absolute Gasteiger partial charge is 0.241 e. The highest BCUT2D eigenvalue weighted by Gasteiger charge is 2.19. The number of hydrogen-bond acceptors (Lipinski definition) is 3. The molecule has 2 rings (SSSR count). The fourth-order valence-corrected chi connectivity index (χ4v) is 3.93. The van der Waals surface area contributed by atoms with Crippen LogP contribution in [0.2, 0.25) is 0 Å². The fourth-order valence-electron chi connectivity index (χ4n) is 1.96. The summed E-state index contributed by atoms with van der Waals surface area (Å²) in [6.07, 6.45) is 0. The third-order valence-corrected chi connectivity index (χ3v) is 5.54. The lowest BCUT2D eigenvalue weighted by Crippen LogP contribution is -2.24. The van der Waals surface area contributed by atoms with Gasteiger partial charge in [0.05, 0.1) is 4.90 Å². The lowest BCUT2D eigenvalue weighted by molar-refractivity contribution is 0.580. The summed E-state index contributed by atoms with van der Waals surface area (Å²) in [6, 6.07) is 12.9. The number of sulfonamides is 1. The molecule has 0 radical (unpaired) electrons. The minimum Gasteiger partial charge on any atom is -0.326 e. The molecule has 112 valence electrons. The van der Waals surface area contributed by atoms with Crippen LogP contribution in [0.4, 0.5) is 0 Å². The summed E-state index contributed by atoms with van der Waals surface area (Å²) in [5, 5.41) is 0. The molecule has 6 heteroatoms. The third-order valence-electron chi connectivity index (χ3n) is 3.19. The van der Waals surface area contributed by atoms with Crippen LogP contribution in [0.5, 0.6) is 0 Å². The highest BCUT2D eigenvalue weighted by atomic mass is 79.9. The number of nitrogens with two attached hydrogens (primary N) is 1. The van der Waals surface area contributed by atoms with E-state index in [-0.39, 0.29) is 11.4 Å². The minimum absolute atomic E-state index is 0.257. The van der Waals surface area contributed by atoms with Gasteiger partial charge in [0.1, 0.15) is 0 Å². The van der Waals surface area contributed by atoms with Gasteiger partial charge in [-0.3, -0.25) is 0 Å². The average molecular weight is 369 g/mol. The summed E-state index contributed by atoms with van der Waals surface area (Å²) in [6.45, 7) is 2.31. The van der Waals surface area contributed by atoms with E-state index >= 15 is 0 Å². The summed E-state index contributed by atoms with van der Waals surface area (Å²) in [5.41, 5.74) is 7.96. The lowest BCUT2D eigenvalue weighted by Gasteiger charge is -2.12. The van der Waals surface area contributed by atoms with Crippen LogP contribution >= 0.6 is 15.9 Å². The van der Waals surface area contributed by atoms with Crippen molar-refractivity contribution in [1.29, 1.82) is 0 Å². The lowest BCUT2D eigenvalue weighted by atomic mass is 10.1. The summed E-state index contributed by atoms with van der Waals surface area (Å²) in [5.74, 6) is 0. The molecule has 4 nitrogen and oxygen atoms in total. The van der Waals surface area contributed by atoms with Gasteiger partial charge in [0.15, 0.2) is 0 Å². The molecule has 0 fully saturated rings. The number of rotatable bonds is 5. The van der Waals surface area contributed by atoms with Crippen LogP contribution in [0.15, 0.2) is 51.8 Å². The third kappa shape index (κ3) is 3.91. The molecule has 0 aliphatic heterocycles. The molecule has 0 aliphatic carbocycles. The van der Waals surface area contributed by atoms with Crippen LogP contribution in [0.1, 0.15) is 16.7 Å². The van der Waals surface area contributed by atoms with E-state index in [1.54, 1.807) is 13.0 Å². The van der Waals surface area contributed by atoms with Gasteiger partial charge in [0.25, 0.3) is 0 Å². The molecular formula is C15H17BrN2O2S. The zero-order valence-electron chi connectivity index (χ0n) is 11.6. The monoisotopic (exact) mass is 368 g/mol. The Kier molecular flexibility index (Phi) is 5.16. The molecule has 0 aliphatic rings. The minimum atomic E-state index is -3.58. The summed E-state index contributed by atoms with van der Waals surface area (Å²) < 4.78 is 28.3. The first-order valence-corrected chi connectivity index (χ1v) is 8.74. The van der Waals surface area contributed by atoms with Crippen molar-refractivity contribution in [3.8, 4) is 0 Å². The van der Waals surface area contributed by atoms with Crippen molar-refractivity contribution >= 4 is 26.0 Å². The van der Waals surface area contributed by atoms with E-state index in [1.165, 1.54) is 0 Å². The number of nitrogens with one attached hydrogen (secondary N) is 1. The molecule has 3 N–H and O–H groups in total. The van der Waals surface area contributed by atoms with Gasteiger partial charge in [0.2, 0.25) is 10.0 Å². The molecule has 0 unspecified atom stereocenters. The van der Waals surface area contributed by atoms with Crippen molar-refractivity contribution in [2.75, 3.05) is 0 Å². The predicted molar refractivity (Wildman–Crippen MR) is 87.2 cm³/mol. The Hall–Kier alpha value is -1.21. The van der Waals surface area contributed by atoms with Crippen LogP contribution in [0.3, 0.4) is 0 Å².